The van der Waals surface area contributed by atoms with Crippen LogP contribution in [0.1, 0.15) is 12.8 Å². The summed E-state index contributed by atoms with van der Waals surface area (Å²) < 4.78 is 28.6. The fourth-order valence-corrected chi connectivity index (χ4v) is 2.55. The number of benzene rings is 1. The molecule has 1 amide bonds. The first-order valence-electron chi connectivity index (χ1n) is 5.95. The van der Waals surface area contributed by atoms with Crippen LogP contribution in [0.2, 0.25) is 10.0 Å². The maximum atomic E-state index is 12.2. The lowest BCUT2D eigenvalue weighted by atomic mass is 10.2. The van der Waals surface area contributed by atoms with Gasteiger partial charge in [0.2, 0.25) is 5.91 Å². The average Bonchev–Trinajstić information content (AvgIpc) is 2.87. The summed E-state index contributed by atoms with van der Waals surface area (Å²) in [5, 5.41) is 5.49. The molecule has 0 aliphatic carbocycles. The second-order valence-electron chi connectivity index (χ2n) is 4.29. The smallest absolute Gasteiger partial charge is 0.387 e. The molecule has 0 aromatic heterocycles. The molecule has 2 rings (SSSR count). The standard InChI is InChI=1S/C12H12Cl2F2N2O2/c13-7-4-6(5-8(14)10(7)20-12(15)16)18-11(19)9-2-1-3-17-9/h4-5,9,12,17H,1-3H2,(H,18,19)/t9-/m0/s1. The quantitative estimate of drug-likeness (QED) is 0.893. The van der Waals surface area contributed by atoms with Gasteiger partial charge in [-0.05, 0) is 31.5 Å². The van der Waals surface area contributed by atoms with E-state index >= 15 is 0 Å². The van der Waals surface area contributed by atoms with E-state index in [1.807, 2.05) is 0 Å². The Bertz CT molecular complexity index is 485. The zero-order valence-corrected chi connectivity index (χ0v) is 11.8. The molecule has 1 heterocycles. The molecule has 1 fully saturated rings. The van der Waals surface area contributed by atoms with Gasteiger partial charge in [-0.15, -0.1) is 0 Å². The van der Waals surface area contributed by atoms with Crippen molar-refractivity contribution in [3.63, 3.8) is 0 Å². The summed E-state index contributed by atoms with van der Waals surface area (Å²) in [5.74, 6) is -0.516. The highest BCUT2D eigenvalue weighted by Crippen LogP contribution is 2.37. The van der Waals surface area contributed by atoms with Gasteiger partial charge < -0.3 is 15.4 Å². The molecule has 4 nitrogen and oxygen atoms in total. The second kappa shape index (κ2) is 6.56. The molecule has 0 unspecified atom stereocenters. The molecule has 0 radical (unpaired) electrons. The van der Waals surface area contributed by atoms with Gasteiger partial charge in [0.05, 0.1) is 16.1 Å². The van der Waals surface area contributed by atoms with E-state index in [2.05, 4.69) is 15.4 Å². The number of amides is 1. The summed E-state index contributed by atoms with van der Waals surface area (Å²) >= 11 is 11.6. The van der Waals surface area contributed by atoms with Crippen LogP contribution in [0.15, 0.2) is 12.1 Å². The molecule has 8 heteroatoms. The number of halogens is 4. The Morgan fingerprint density at radius 3 is 2.55 bits per heavy atom. The monoisotopic (exact) mass is 324 g/mol. The van der Waals surface area contributed by atoms with Gasteiger partial charge in [-0.3, -0.25) is 4.79 Å². The van der Waals surface area contributed by atoms with Crippen LogP contribution in [0.25, 0.3) is 0 Å². The van der Waals surface area contributed by atoms with Crippen molar-refractivity contribution >= 4 is 34.8 Å². The summed E-state index contributed by atoms with van der Waals surface area (Å²) in [6, 6.07) is 2.38. The Balaban J connectivity index is 2.11. The fraction of sp³-hybridized carbons (Fsp3) is 0.417. The van der Waals surface area contributed by atoms with Gasteiger partial charge in [0.1, 0.15) is 0 Å². The van der Waals surface area contributed by atoms with E-state index in [9.17, 15) is 13.6 Å². The highest BCUT2D eigenvalue weighted by atomic mass is 35.5. The molecule has 1 aliphatic heterocycles. The van der Waals surface area contributed by atoms with Gasteiger partial charge in [0, 0.05) is 5.69 Å². The molecule has 0 bridgehead atoms. The average molecular weight is 325 g/mol. The van der Waals surface area contributed by atoms with Gasteiger partial charge in [0.25, 0.3) is 0 Å². The van der Waals surface area contributed by atoms with Gasteiger partial charge in [0.15, 0.2) is 5.75 Å². The summed E-state index contributed by atoms with van der Waals surface area (Å²) in [5.41, 5.74) is 0.334. The number of hydrogen-bond donors (Lipinski definition) is 2. The molecule has 0 saturated carbocycles. The first-order chi connectivity index (χ1) is 9.47. The molecule has 1 aromatic rings. The maximum absolute atomic E-state index is 12.2. The molecule has 110 valence electrons. The SMILES string of the molecule is O=C(Nc1cc(Cl)c(OC(F)F)c(Cl)c1)[C@@H]1CCCN1. The minimum absolute atomic E-state index is 0.0903. The number of rotatable bonds is 4. The van der Waals surface area contributed by atoms with Gasteiger partial charge in [-0.1, -0.05) is 23.2 Å². The van der Waals surface area contributed by atoms with E-state index < -0.39 is 6.61 Å². The molecule has 0 spiro atoms. The number of carbonyl (C=O) groups excluding carboxylic acids is 1. The fourth-order valence-electron chi connectivity index (χ4n) is 1.97. The zero-order chi connectivity index (χ0) is 14.7. The second-order valence-corrected chi connectivity index (χ2v) is 5.10. The van der Waals surface area contributed by atoms with Crippen molar-refractivity contribution in [2.24, 2.45) is 0 Å². The van der Waals surface area contributed by atoms with Crippen LogP contribution in [-0.2, 0) is 4.79 Å². The number of nitrogens with one attached hydrogen (secondary N) is 2. The Kier molecular flexibility index (Phi) is 5.01. The predicted octanol–water partition coefficient (Wildman–Crippen LogP) is 3.29. The highest BCUT2D eigenvalue weighted by molar-refractivity contribution is 6.37. The minimum atomic E-state index is -3.02. The zero-order valence-electron chi connectivity index (χ0n) is 10.3. The van der Waals surface area contributed by atoms with Gasteiger partial charge in [-0.25, -0.2) is 0 Å². The van der Waals surface area contributed by atoms with Crippen LogP contribution in [-0.4, -0.2) is 25.1 Å². The Morgan fingerprint density at radius 2 is 2.05 bits per heavy atom. The van der Waals surface area contributed by atoms with Crippen molar-refractivity contribution in [2.75, 3.05) is 11.9 Å². The third-order valence-electron chi connectivity index (χ3n) is 2.85. The van der Waals surface area contributed by atoms with Crippen molar-refractivity contribution in [3.05, 3.63) is 22.2 Å². The number of alkyl halides is 2. The molecular formula is C12H12Cl2F2N2O2. The number of carbonyl (C=O) groups is 1. The first kappa shape index (κ1) is 15.3. The van der Waals surface area contributed by atoms with Crippen molar-refractivity contribution in [2.45, 2.75) is 25.5 Å². The molecule has 1 aromatic carbocycles. The van der Waals surface area contributed by atoms with Crippen molar-refractivity contribution < 1.29 is 18.3 Å². The van der Waals surface area contributed by atoms with Gasteiger partial charge >= 0.3 is 6.61 Å². The third kappa shape index (κ3) is 3.71. The van der Waals surface area contributed by atoms with Crippen molar-refractivity contribution in [1.82, 2.24) is 5.32 Å². The minimum Gasteiger partial charge on any atom is -0.432 e. The van der Waals surface area contributed by atoms with Gasteiger partial charge in [-0.2, -0.15) is 8.78 Å². The maximum Gasteiger partial charge on any atom is 0.387 e. The third-order valence-corrected chi connectivity index (χ3v) is 3.41. The van der Waals surface area contributed by atoms with Crippen LogP contribution in [0.3, 0.4) is 0 Å². The highest BCUT2D eigenvalue weighted by Gasteiger charge is 2.22. The van der Waals surface area contributed by atoms with Crippen LogP contribution in [0.4, 0.5) is 14.5 Å². The van der Waals surface area contributed by atoms with Crippen LogP contribution in [0, 0.1) is 0 Å². The number of ether oxygens (including phenoxy) is 1. The normalized spacial score (nSPS) is 18.4. The summed E-state index contributed by atoms with van der Waals surface area (Å²) in [7, 11) is 0. The summed E-state index contributed by atoms with van der Waals surface area (Å²) in [4.78, 5) is 11.9. The largest absolute Gasteiger partial charge is 0.432 e. The van der Waals surface area contributed by atoms with E-state index in [4.69, 9.17) is 23.2 Å². The molecule has 20 heavy (non-hydrogen) atoms. The lowest BCUT2D eigenvalue weighted by molar-refractivity contribution is -0.117. The molecule has 2 N–H and O–H groups in total. The van der Waals surface area contributed by atoms with E-state index in [1.165, 1.54) is 12.1 Å². The van der Waals surface area contributed by atoms with Crippen molar-refractivity contribution in [1.29, 1.82) is 0 Å². The predicted molar refractivity (Wildman–Crippen MR) is 72.7 cm³/mol. The van der Waals surface area contributed by atoms with E-state index in [0.29, 0.717) is 5.69 Å². The Labute approximate surface area is 124 Å². The molecular weight excluding hydrogens is 313 g/mol. The van der Waals surface area contributed by atoms with E-state index in [0.717, 1.165) is 19.4 Å². The summed E-state index contributed by atoms with van der Waals surface area (Å²) in [6.45, 7) is -2.23. The Hall–Kier alpha value is -1.11. The summed E-state index contributed by atoms with van der Waals surface area (Å²) in [6.07, 6.45) is 1.68. The first-order valence-corrected chi connectivity index (χ1v) is 6.71. The van der Waals surface area contributed by atoms with Crippen LogP contribution in [0.5, 0.6) is 5.75 Å². The van der Waals surface area contributed by atoms with E-state index in [-0.39, 0.29) is 27.7 Å². The van der Waals surface area contributed by atoms with Crippen LogP contribution < -0.4 is 15.4 Å². The lowest BCUT2D eigenvalue weighted by Crippen LogP contribution is -2.35. The molecule has 1 atom stereocenters. The number of anilines is 1. The molecule has 1 saturated heterocycles. The van der Waals surface area contributed by atoms with Crippen molar-refractivity contribution in [3.8, 4) is 5.75 Å². The van der Waals surface area contributed by atoms with E-state index in [1.54, 1.807) is 0 Å². The Morgan fingerprint density at radius 1 is 1.40 bits per heavy atom. The number of hydrogen-bond acceptors (Lipinski definition) is 3. The molecule has 1 aliphatic rings. The lowest BCUT2D eigenvalue weighted by Gasteiger charge is -2.14. The van der Waals surface area contributed by atoms with Crippen LogP contribution >= 0.6 is 23.2 Å². The topological polar surface area (TPSA) is 50.4 Å².